The molecule has 0 saturated carbocycles. The monoisotopic (exact) mass is 452 g/mol. The molecule has 0 amide bonds. The number of nitrogens with zero attached hydrogens (tertiary/aromatic N) is 1. The van der Waals surface area contributed by atoms with Crippen LogP contribution in [-0.4, -0.2) is 32.6 Å². The topological polar surface area (TPSA) is 17.1 Å². The summed E-state index contributed by atoms with van der Waals surface area (Å²) in [5, 5.41) is 4.50. The van der Waals surface area contributed by atoms with Crippen LogP contribution in [0.1, 0.15) is 43.0 Å². The van der Waals surface area contributed by atoms with Crippen LogP contribution < -0.4 is 0 Å². The average molecular weight is 453 g/mol. The molecule has 2 aromatic carbocycles. The standard InChI is InChI=1S/C24H28NOSi.2CH3.Ti/c1-24(2,3)25(4,5)27(26)19-15-22-20-12-8-6-10-17(20)14-18-11-7-9-13-21(18)23(22)16-19;;;/h6-13,15-16,19H,14H2,1-5H3;2*1H3;/q+1;;;. The Hall–Kier alpha value is -1.39. The van der Waals surface area contributed by atoms with Gasteiger partial charge in [-0.25, -0.2) is 0 Å². The van der Waals surface area contributed by atoms with E-state index in [0.29, 0.717) is 23.3 Å². The van der Waals surface area contributed by atoms with Crippen molar-refractivity contribution in [2.75, 3.05) is 14.1 Å². The predicted octanol–water partition coefficient (Wildman–Crippen LogP) is 6.40. The van der Waals surface area contributed by atoms with Crippen molar-refractivity contribution in [3.8, 4) is 0 Å². The van der Waals surface area contributed by atoms with Crippen molar-refractivity contribution in [3.63, 3.8) is 0 Å². The Labute approximate surface area is 193 Å². The maximum atomic E-state index is 13.6. The molecular weight excluding hydrogens is 418 g/mol. The Morgan fingerprint density at radius 1 is 0.867 bits per heavy atom. The molecule has 2 aliphatic carbocycles. The van der Waals surface area contributed by atoms with Crippen LogP contribution in [-0.2, 0) is 30.0 Å². The van der Waals surface area contributed by atoms with Gasteiger partial charge in [0.1, 0.15) is 0 Å². The minimum absolute atomic E-state index is 0.00608. The van der Waals surface area contributed by atoms with Crippen LogP contribution in [0, 0.1) is 0 Å². The fourth-order valence-corrected chi connectivity index (χ4v) is 6.01. The molecule has 0 bridgehead atoms. The van der Waals surface area contributed by atoms with Gasteiger partial charge in [-0.15, -0.1) is 0 Å². The molecule has 0 spiro atoms. The van der Waals surface area contributed by atoms with E-state index in [0.717, 1.165) is 6.42 Å². The third-order valence-corrected chi connectivity index (χ3v) is 9.17. The van der Waals surface area contributed by atoms with E-state index < -0.39 is 8.84 Å². The van der Waals surface area contributed by atoms with E-state index in [4.69, 9.17) is 0 Å². The van der Waals surface area contributed by atoms with Gasteiger partial charge in [0.2, 0.25) is 0 Å². The maximum absolute atomic E-state index is 13.6. The second-order valence-corrected chi connectivity index (χ2v) is 13.7. The van der Waals surface area contributed by atoms with Crippen molar-refractivity contribution in [2.24, 2.45) is 0 Å². The molecule has 2 nitrogen and oxygen atoms in total. The Bertz CT molecular complexity index is 952. The second-order valence-electron chi connectivity index (χ2n) is 9.64. The molecule has 0 atom stereocenters. The Balaban J connectivity index is 0.000000806. The summed E-state index contributed by atoms with van der Waals surface area (Å²) in [5.41, 5.74) is 7.73. The van der Waals surface area contributed by atoms with E-state index in [1.165, 1.54) is 33.4 Å². The molecule has 2 aromatic rings. The van der Waals surface area contributed by atoms with E-state index in [-0.39, 0.29) is 11.1 Å². The summed E-state index contributed by atoms with van der Waals surface area (Å²) in [4.78, 5) is 0. The van der Waals surface area contributed by atoms with Gasteiger partial charge in [0, 0.05) is 0 Å². The normalized spacial score (nSPS) is 15.4. The number of hydrogen-bond donors (Lipinski definition) is 0. The van der Waals surface area contributed by atoms with Crippen molar-refractivity contribution in [1.29, 1.82) is 0 Å². The minimum atomic E-state index is -1.94. The van der Waals surface area contributed by atoms with Gasteiger partial charge in [0.15, 0.2) is 0 Å². The molecule has 156 valence electrons. The van der Waals surface area contributed by atoms with Crippen LogP contribution in [0.5, 0.6) is 0 Å². The zero-order valence-corrected chi connectivity index (χ0v) is 22.0. The molecule has 2 aliphatic rings. The van der Waals surface area contributed by atoms with E-state index in [9.17, 15) is 4.46 Å². The first-order valence-electron chi connectivity index (χ1n) is 10.7. The first-order valence-corrected chi connectivity index (χ1v) is 15.2. The summed E-state index contributed by atoms with van der Waals surface area (Å²) >= 11 is 0.500. The third kappa shape index (κ3) is 4.31. The number of rotatable bonds is 2. The predicted molar refractivity (Wildman–Crippen MR) is 125 cm³/mol. The first-order chi connectivity index (χ1) is 14.1. The van der Waals surface area contributed by atoms with Crippen molar-refractivity contribution >= 4 is 20.0 Å². The molecule has 0 aromatic heterocycles. The zero-order valence-electron chi connectivity index (χ0n) is 19.4. The van der Waals surface area contributed by atoms with Crippen LogP contribution in [0.4, 0.5) is 0 Å². The van der Waals surface area contributed by atoms with Crippen LogP contribution >= 0.6 is 0 Å². The number of fused-ring (bicyclic) bond motifs is 5. The van der Waals surface area contributed by atoms with Gasteiger partial charge in [-0.1, -0.05) is 60.7 Å². The summed E-state index contributed by atoms with van der Waals surface area (Å²) in [7, 11) is 2.27. The van der Waals surface area contributed by atoms with E-state index >= 15 is 0 Å². The van der Waals surface area contributed by atoms with E-state index in [1.54, 1.807) is 0 Å². The van der Waals surface area contributed by atoms with Crippen molar-refractivity contribution < 1.29 is 27.8 Å². The molecule has 30 heavy (non-hydrogen) atoms. The number of benzene rings is 2. The fourth-order valence-electron chi connectivity index (χ4n) is 3.98. The van der Waals surface area contributed by atoms with Crippen molar-refractivity contribution in [1.82, 2.24) is 0 Å². The number of quaternary nitrogens is 1. The van der Waals surface area contributed by atoms with E-state index in [1.807, 2.05) is 0 Å². The molecular formula is C26H34NOSiTi+. The Morgan fingerprint density at radius 2 is 1.27 bits per heavy atom. The van der Waals surface area contributed by atoms with Gasteiger partial charge in [-0.3, -0.25) is 0 Å². The van der Waals surface area contributed by atoms with Gasteiger partial charge in [-0.2, -0.15) is 0 Å². The molecule has 0 unspecified atom stereocenters. The van der Waals surface area contributed by atoms with Crippen LogP contribution in [0.3, 0.4) is 0 Å². The second kappa shape index (κ2) is 9.00. The zero-order chi connectivity index (χ0) is 22.1. The number of allylic oxidation sites excluding steroid dienone is 4. The van der Waals surface area contributed by atoms with Crippen LogP contribution in [0.15, 0.2) is 60.7 Å². The van der Waals surface area contributed by atoms with Gasteiger partial charge in [0.25, 0.3) is 0 Å². The van der Waals surface area contributed by atoms with Crippen molar-refractivity contribution in [2.45, 2.75) is 48.7 Å². The molecule has 4 heteroatoms. The molecule has 0 saturated heterocycles. The van der Waals surface area contributed by atoms with Crippen molar-refractivity contribution in [3.05, 3.63) is 82.9 Å². The SMILES string of the molecule is CC(C)(C)[N+](C)(C)[Si](=O)C1C=C2C(=C1)c1ccccc1Cc1ccccc12.[CH3][Ti][CH3]. The van der Waals surface area contributed by atoms with E-state index in [2.05, 4.69) is 106 Å². The molecule has 0 fully saturated rings. The summed E-state index contributed by atoms with van der Waals surface area (Å²) in [6, 6.07) is 17.3. The average Bonchev–Trinajstić information content (AvgIpc) is 3.08. The summed E-state index contributed by atoms with van der Waals surface area (Å²) in [6.07, 6.45) is 5.48. The third-order valence-electron chi connectivity index (χ3n) is 6.49. The Morgan fingerprint density at radius 3 is 1.67 bits per heavy atom. The first kappa shape index (κ1) is 23.3. The number of hydrogen-bond acceptors (Lipinski definition) is 1. The summed E-state index contributed by atoms with van der Waals surface area (Å²) in [5.74, 6) is 0. The summed E-state index contributed by atoms with van der Waals surface area (Å²) < 4.78 is 14.2. The van der Waals surface area contributed by atoms with Gasteiger partial charge in [0.05, 0.1) is 25.2 Å². The van der Waals surface area contributed by atoms with Crippen LogP contribution in [0.2, 0.25) is 16.0 Å². The molecule has 0 radical (unpaired) electrons. The quantitative estimate of drug-likeness (QED) is 0.482. The summed E-state index contributed by atoms with van der Waals surface area (Å²) in [6.45, 7) is 6.52. The van der Waals surface area contributed by atoms with Gasteiger partial charge >= 0.3 is 38.5 Å². The Kier molecular flexibility index (Phi) is 6.98. The van der Waals surface area contributed by atoms with Gasteiger partial charge < -0.3 is 8.61 Å². The molecule has 0 N–H and O–H groups in total. The van der Waals surface area contributed by atoms with Crippen LogP contribution in [0.25, 0.3) is 11.1 Å². The molecule has 0 heterocycles. The molecule has 0 aliphatic heterocycles. The fraction of sp³-hybridized carbons (Fsp3) is 0.385. The molecule has 4 rings (SSSR count). The van der Waals surface area contributed by atoms with Gasteiger partial charge in [-0.05, 0) is 60.6 Å².